The average molecular weight is 1940 g/mol. The number of nitrogens with zero attached hydrogens (tertiary/aromatic N) is 7. The fourth-order valence-corrected chi connectivity index (χ4v) is 16.5. The number of aromatic hydroxyl groups is 1. The first-order valence-corrected chi connectivity index (χ1v) is 47.0. The predicted octanol–water partition coefficient (Wildman–Crippen LogP) is -2.44. The molecule has 2 saturated heterocycles. The fraction of sp³-hybridized carbons (Fsp3) is 0.542. The summed E-state index contributed by atoms with van der Waals surface area (Å²) in [6.07, 6.45) is -1.99. The van der Waals surface area contributed by atoms with Gasteiger partial charge < -0.3 is 120 Å². The summed E-state index contributed by atoms with van der Waals surface area (Å²) in [5.74, 6) is -17.5. The molecule has 3 aromatic rings. The molecule has 0 aromatic heterocycles. The van der Waals surface area contributed by atoms with Crippen LogP contribution in [0.2, 0.25) is 0 Å². The molecule has 0 spiro atoms. The number of Topliss-reactive ketones (excluding diaryl/α,β-unsaturated/α-hetero) is 2. The molecule has 3 aromatic carbocycles. The second-order valence-electron chi connectivity index (χ2n) is 30.9. The molecule has 0 unspecified atom stereocenters. The molecule has 13 atom stereocenters. The molecule has 728 valence electrons. The van der Waals surface area contributed by atoms with Gasteiger partial charge in [-0.15, -0.1) is 47.0 Å². The number of azide groups is 1. The van der Waals surface area contributed by atoms with Gasteiger partial charge in [-0.05, 0) is 74.6 Å². The van der Waals surface area contributed by atoms with E-state index in [4.69, 9.17) is 32.2 Å². The zero-order chi connectivity index (χ0) is 98.4. The third kappa shape index (κ3) is 39.1. The Morgan fingerprint density at radius 3 is 1.49 bits per heavy atom. The fourth-order valence-electron chi connectivity index (χ4n) is 12.8. The highest BCUT2D eigenvalue weighted by Gasteiger charge is 2.43. The molecule has 0 saturated carbocycles. The number of primary amides is 2. The van der Waals surface area contributed by atoms with E-state index in [1.165, 1.54) is 71.3 Å². The molecule has 46 nitrogen and oxygen atoms in total. The van der Waals surface area contributed by atoms with Crippen molar-refractivity contribution in [2.45, 2.75) is 171 Å². The summed E-state index contributed by atoms with van der Waals surface area (Å²) in [6, 6.07) is 3.47. The molecule has 2 fully saturated rings. The van der Waals surface area contributed by atoms with Crippen molar-refractivity contribution >= 4 is 165 Å². The number of hydrogen-bond acceptors (Lipinski definition) is 30. The van der Waals surface area contributed by atoms with Crippen LogP contribution in [0.25, 0.3) is 10.4 Å². The average Bonchev–Trinajstić information content (AvgIpc) is 1.69. The van der Waals surface area contributed by atoms with E-state index in [0.29, 0.717) is 17.5 Å². The van der Waals surface area contributed by atoms with Crippen LogP contribution in [0.3, 0.4) is 0 Å². The number of aliphatic hydroxyl groups excluding tert-OH is 1. The molecule has 2 heterocycles. The number of aliphatic hydroxyl groups is 1. The number of carbonyl (C=O) groups is 20. The van der Waals surface area contributed by atoms with Gasteiger partial charge in [0.2, 0.25) is 94.5 Å². The van der Waals surface area contributed by atoms with Crippen molar-refractivity contribution in [1.82, 2.24) is 83.4 Å². The SMILES string of the molecule is CC[C@H](C)[C@H](N)C(=O)N[C@@H](CSCNC(C)=O)C(=O)N[C@@H](CSCN(C)C(=O)OCC(=O)c1ccccc1)C(=O)N[C@@H](CC(N)=O)C(=O)N1CCC[C@H]1C(=O)N[C@@H](C)C(=O)N[C@@H](CSCNC(C)=O)C(=O)NCC(=O)N1CCC[C@H]1C(=O)N[C@@H](CCCCN=[N+]=[N-])C(=O)N[C@@H](Cc1ccc(O)cc1)C(=O)N[C@@H](CO)C(=O)N[C@@H](CSCN(C)C(=O)OCC(=O)c1ccccc1)C(N)=O. The lowest BCUT2D eigenvalue weighted by molar-refractivity contribution is -0.143. The Morgan fingerprint density at radius 2 is 0.977 bits per heavy atom. The number of ketones is 2. The molecule has 5 rings (SSSR count). The van der Waals surface area contributed by atoms with Crippen LogP contribution in [-0.2, 0) is 92.6 Å². The van der Waals surface area contributed by atoms with Crippen LogP contribution in [-0.4, -0.2) is 327 Å². The number of benzene rings is 3. The number of likely N-dealkylation sites (tertiary alicyclic amines) is 2. The Balaban J connectivity index is 1.28. The summed E-state index contributed by atoms with van der Waals surface area (Å²) in [4.78, 5) is 279. The minimum Gasteiger partial charge on any atom is -0.508 e. The summed E-state index contributed by atoms with van der Waals surface area (Å²) < 4.78 is 10.3. The molecule has 0 bridgehead atoms. The van der Waals surface area contributed by atoms with Gasteiger partial charge in [-0.1, -0.05) is 105 Å². The maximum absolute atomic E-state index is 14.7. The summed E-state index contributed by atoms with van der Waals surface area (Å²) in [7, 11) is 2.67. The summed E-state index contributed by atoms with van der Waals surface area (Å²) in [5, 5.41) is 54.3. The summed E-state index contributed by atoms with van der Waals surface area (Å²) >= 11 is 3.83. The van der Waals surface area contributed by atoms with Gasteiger partial charge >= 0.3 is 12.2 Å². The van der Waals surface area contributed by atoms with Crippen molar-refractivity contribution in [3.63, 3.8) is 0 Å². The third-order valence-electron chi connectivity index (χ3n) is 20.6. The first-order chi connectivity index (χ1) is 63.3. The molecule has 133 heavy (non-hydrogen) atoms. The van der Waals surface area contributed by atoms with Gasteiger partial charge in [-0.25, -0.2) is 9.59 Å². The van der Waals surface area contributed by atoms with E-state index in [1.54, 1.807) is 62.4 Å². The molecule has 18 amide bonds. The van der Waals surface area contributed by atoms with Crippen LogP contribution >= 0.6 is 47.0 Å². The number of unbranched alkanes of at least 4 members (excludes halogenated alkanes) is 1. The van der Waals surface area contributed by atoms with Gasteiger partial charge in [0, 0.05) is 93.0 Å². The standard InChI is InChI=1S/C83H118N22O24S4/c1-8-47(2)69(85)80(124)100-61(41-131-44-90-50(5)108)77(121)99-62(42-133-46-103(7)83(127)129-38-66(111)53-21-13-10-14-22-53)76(120)95-57(34-67(84)112)81(125)105-32-18-25-64(105)78(122)92-48(3)71(115)98-60(40-130-43-89-49(4)107)72(116)88-35-68(113)104-31-17-24-63(104)79(123)93-55(23-15-16-30-91-101-87)73(117)94-56(33-51-26-28-54(109)29-27-51)74(118)96-58(36-106)75(119)97-59(70(86)114)39-132-45-102(6)82(126)128-37-65(110)52-19-11-9-12-20-52/h9-14,19-22,26-29,47-48,55-64,69,106,109H,8,15-18,23-25,30-46,85H2,1-7H3,(H2,84,112)(H2,86,114)(H,88,116)(H,89,107)(H,90,108)(H,92,122)(H,93,123)(H,94,117)(H,95,120)(H,96,118)(H,97,119)(H,98,115)(H,99,121)(H,100,124)/t47-,48-,55-,56-,57-,58-,59-,60-,61-,62-,63-,64-,69-/m0/s1. The number of amides is 18. The Hall–Kier alpha value is -12.5. The van der Waals surface area contributed by atoms with E-state index in [0.717, 1.165) is 66.6 Å². The number of nitrogens with one attached hydrogen (secondary N) is 12. The minimum absolute atomic E-state index is 0.00678. The van der Waals surface area contributed by atoms with Crippen LogP contribution in [0.15, 0.2) is 90.0 Å². The van der Waals surface area contributed by atoms with E-state index < -0.39 is 224 Å². The third-order valence-corrected chi connectivity index (χ3v) is 24.7. The minimum atomic E-state index is -1.82. The zero-order valence-corrected chi connectivity index (χ0v) is 77.9. The monoisotopic (exact) mass is 1930 g/mol. The van der Waals surface area contributed by atoms with Crippen LogP contribution in [0.4, 0.5) is 9.59 Å². The van der Waals surface area contributed by atoms with Crippen LogP contribution in [0.1, 0.15) is 119 Å². The Morgan fingerprint density at radius 1 is 0.534 bits per heavy atom. The number of phenolic OH excluding ortho intramolecular Hbond substituents is 1. The van der Waals surface area contributed by atoms with E-state index in [2.05, 4.69) is 73.8 Å². The number of rotatable bonds is 57. The highest BCUT2D eigenvalue weighted by Crippen LogP contribution is 2.23. The van der Waals surface area contributed by atoms with Crippen molar-refractivity contribution in [2.24, 2.45) is 28.2 Å². The van der Waals surface area contributed by atoms with Gasteiger partial charge in [-0.2, -0.15) is 0 Å². The van der Waals surface area contributed by atoms with E-state index in [-0.39, 0.29) is 135 Å². The largest absolute Gasteiger partial charge is 0.508 e. The van der Waals surface area contributed by atoms with Crippen molar-refractivity contribution in [3.05, 3.63) is 112 Å². The first kappa shape index (κ1) is 111. The molecular weight excluding hydrogens is 1820 g/mol. The summed E-state index contributed by atoms with van der Waals surface area (Å²) in [5.41, 5.74) is 27.5. The predicted molar refractivity (Wildman–Crippen MR) is 489 cm³/mol. The highest BCUT2D eigenvalue weighted by atomic mass is 32.2. The molecule has 2 aliphatic rings. The number of ether oxygens (including phenoxy) is 2. The van der Waals surface area contributed by atoms with Crippen LogP contribution < -0.4 is 81.0 Å². The van der Waals surface area contributed by atoms with E-state index in [9.17, 15) is 106 Å². The quantitative estimate of drug-likeness (QED) is 0.00697. The second-order valence-corrected chi connectivity index (χ2v) is 35.0. The Labute approximate surface area is 784 Å². The highest BCUT2D eigenvalue weighted by molar-refractivity contribution is 8.00. The second kappa shape index (κ2) is 58.4. The molecule has 20 N–H and O–H groups in total. The molecular formula is C83H118N22O24S4. The van der Waals surface area contributed by atoms with Gasteiger partial charge in [0.05, 0.1) is 49.1 Å². The number of thioether (sulfide) groups is 4. The van der Waals surface area contributed by atoms with Crippen LogP contribution in [0, 0.1) is 5.92 Å². The lowest BCUT2D eigenvalue weighted by atomic mass is 9.99. The van der Waals surface area contributed by atoms with Crippen molar-refractivity contribution in [3.8, 4) is 5.75 Å². The van der Waals surface area contributed by atoms with E-state index in [1.807, 2.05) is 0 Å². The van der Waals surface area contributed by atoms with Crippen molar-refractivity contribution in [2.75, 3.05) is 107 Å². The van der Waals surface area contributed by atoms with E-state index >= 15 is 0 Å². The van der Waals surface area contributed by atoms with Crippen molar-refractivity contribution in [1.29, 1.82) is 0 Å². The lowest BCUT2D eigenvalue weighted by Crippen LogP contribution is -2.61. The van der Waals surface area contributed by atoms with Gasteiger partial charge in [0.15, 0.2) is 24.8 Å². The molecule has 0 radical (unpaired) electrons. The number of carbonyl (C=O) groups excluding carboxylic acids is 20. The molecule has 50 heteroatoms. The van der Waals surface area contributed by atoms with Gasteiger partial charge in [0.25, 0.3) is 0 Å². The Kier molecular flexibility index (Phi) is 48.7. The number of hydrogen-bond donors (Lipinski definition) is 17. The maximum Gasteiger partial charge on any atom is 0.410 e. The number of nitrogens with two attached hydrogens (primary N) is 3. The maximum atomic E-state index is 14.7. The molecule has 0 aliphatic carbocycles. The topological polar surface area (TPSA) is 684 Å². The molecule has 2 aliphatic heterocycles. The summed E-state index contributed by atoms with van der Waals surface area (Å²) in [6.45, 7) is 4.00. The lowest BCUT2D eigenvalue weighted by Gasteiger charge is -2.30. The van der Waals surface area contributed by atoms with Crippen molar-refractivity contribution < 1.29 is 116 Å². The number of phenols is 1. The first-order valence-electron chi connectivity index (χ1n) is 42.3. The normalized spacial score (nSPS) is 15.6. The Bertz CT molecular complexity index is 4590. The van der Waals surface area contributed by atoms with Gasteiger partial charge in [-0.3, -0.25) is 86.3 Å². The zero-order valence-electron chi connectivity index (χ0n) is 74.6. The smallest absolute Gasteiger partial charge is 0.410 e. The van der Waals surface area contributed by atoms with Crippen LogP contribution in [0.5, 0.6) is 5.75 Å². The van der Waals surface area contributed by atoms with Gasteiger partial charge in [0.1, 0.15) is 72.2 Å².